The number of aromatic nitrogens is 2. The Balaban J connectivity index is 0.000000873. The summed E-state index contributed by atoms with van der Waals surface area (Å²) in [4.78, 5) is 23.8. The van der Waals surface area contributed by atoms with Crippen molar-refractivity contribution >= 4 is 12.4 Å². The standard InChI is InChI=1S/C10H18N4O.CH2O2/c1-8(13(2)3)10(15)14(4)7-9-5-6-11-12-9;2-1-3/h5-6,8H,7H2,1-4H3,(H,11,12);1H,(H,2,3). The van der Waals surface area contributed by atoms with Crippen LogP contribution in [0, 0.1) is 0 Å². The van der Waals surface area contributed by atoms with Gasteiger partial charge in [0.05, 0.1) is 18.3 Å². The normalized spacial score (nSPS) is 11.4. The number of likely N-dealkylation sites (N-methyl/N-ethyl adjacent to an activating group) is 2. The lowest BCUT2D eigenvalue weighted by Gasteiger charge is -2.24. The van der Waals surface area contributed by atoms with Gasteiger partial charge in [-0.25, -0.2) is 0 Å². The number of carbonyl (C=O) groups excluding carboxylic acids is 1. The Labute approximate surface area is 106 Å². The molecule has 2 N–H and O–H groups in total. The molecule has 0 aliphatic carbocycles. The first-order chi connectivity index (χ1) is 8.43. The number of aromatic amines is 1. The summed E-state index contributed by atoms with van der Waals surface area (Å²) >= 11 is 0. The zero-order valence-corrected chi connectivity index (χ0v) is 11.1. The zero-order chi connectivity index (χ0) is 14.1. The number of amides is 1. The van der Waals surface area contributed by atoms with Crippen molar-refractivity contribution in [2.45, 2.75) is 19.5 Å². The molecular formula is C11H20N4O3. The quantitative estimate of drug-likeness (QED) is 0.741. The smallest absolute Gasteiger partial charge is 0.290 e. The van der Waals surface area contributed by atoms with Gasteiger partial charge in [0.25, 0.3) is 6.47 Å². The van der Waals surface area contributed by atoms with Crippen LogP contribution in [0.25, 0.3) is 0 Å². The van der Waals surface area contributed by atoms with Crippen LogP contribution in [-0.4, -0.2) is 64.7 Å². The van der Waals surface area contributed by atoms with Gasteiger partial charge in [-0.15, -0.1) is 0 Å². The lowest BCUT2D eigenvalue weighted by Crippen LogP contribution is -2.42. The highest BCUT2D eigenvalue weighted by Crippen LogP contribution is 2.02. The van der Waals surface area contributed by atoms with Crippen molar-refractivity contribution in [3.63, 3.8) is 0 Å². The van der Waals surface area contributed by atoms with Crippen LogP contribution >= 0.6 is 0 Å². The maximum atomic E-state index is 11.9. The van der Waals surface area contributed by atoms with E-state index in [-0.39, 0.29) is 18.4 Å². The molecule has 0 radical (unpaired) electrons. The third-order valence-electron chi connectivity index (χ3n) is 2.47. The van der Waals surface area contributed by atoms with Gasteiger partial charge in [-0.1, -0.05) is 0 Å². The highest BCUT2D eigenvalue weighted by atomic mass is 16.3. The van der Waals surface area contributed by atoms with Crippen LogP contribution in [0.2, 0.25) is 0 Å². The van der Waals surface area contributed by atoms with Crippen molar-refractivity contribution in [3.8, 4) is 0 Å². The van der Waals surface area contributed by atoms with Crippen molar-refractivity contribution < 1.29 is 14.7 Å². The molecule has 1 amide bonds. The Hall–Kier alpha value is -1.89. The number of carboxylic acid groups (broad SMARTS) is 1. The van der Waals surface area contributed by atoms with Gasteiger partial charge in [0, 0.05) is 13.2 Å². The summed E-state index contributed by atoms with van der Waals surface area (Å²) in [6.07, 6.45) is 1.68. The number of H-pyrrole nitrogens is 1. The Bertz CT molecular complexity index is 351. The van der Waals surface area contributed by atoms with E-state index in [2.05, 4.69) is 10.2 Å². The van der Waals surface area contributed by atoms with Gasteiger partial charge >= 0.3 is 0 Å². The lowest BCUT2D eigenvalue weighted by molar-refractivity contribution is -0.134. The van der Waals surface area contributed by atoms with Gasteiger partial charge in [0.1, 0.15) is 0 Å². The second kappa shape index (κ2) is 8.24. The SMILES string of the molecule is CC(C(=O)N(C)Cc1ccn[nH]1)N(C)C.O=CO. The molecule has 102 valence electrons. The number of nitrogens with one attached hydrogen (secondary N) is 1. The fourth-order valence-electron chi connectivity index (χ4n) is 1.25. The van der Waals surface area contributed by atoms with Crippen molar-refractivity contribution in [1.82, 2.24) is 20.0 Å². The van der Waals surface area contributed by atoms with E-state index >= 15 is 0 Å². The summed E-state index contributed by atoms with van der Waals surface area (Å²) in [6.45, 7) is 2.21. The molecule has 0 aromatic carbocycles. The molecule has 1 aromatic rings. The number of nitrogens with zero attached hydrogens (tertiary/aromatic N) is 3. The van der Waals surface area contributed by atoms with E-state index in [1.807, 2.05) is 32.0 Å². The van der Waals surface area contributed by atoms with Crippen LogP contribution in [0.4, 0.5) is 0 Å². The average Bonchev–Trinajstić information content (AvgIpc) is 2.80. The first-order valence-electron chi connectivity index (χ1n) is 5.41. The maximum Gasteiger partial charge on any atom is 0.290 e. The van der Waals surface area contributed by atoms with Gasteiger partial charge in [-0.05, 0) is 27.1 Å². The molecule has 0 fully saturated rings. The van der Waals surface area contributed by atoms with E-state index < -0.39 is 0 Å². The Morgan fingerprint density at radius 2 is 2.11 bits per heavy atom. The number of hydrogen-bond donors (Lipinski definition) is 2. The predicted octanol–water partition coefficient (Wildman–Crippen LogP) is 0.0190. The number of hydrogen-bond acceptors (Lipinski definition) is 4. The van der Waals surface area contributed by atoms with E-state index in [0.29, 0.717) is 6.54 Å². The molecule has 0 spiro atoms. The molecule has 1 unspecified atom stereocenters. The molecule has 0 saturated carbocycles. The van der Waals surface area contributed by atoms with Crippen LogP contribution in [0.5, 0.6) is 0 Å². The topological polar surface area (TPSA) is 89.5 Å². The summed E-state index contributed by atoms with van der Waals surface area (Å²) in [5.74, 6) is 0.106. The molecule has 7 nitrogen and oxygen atoms in total. The van der Waals surface area contributed by atoms with Gasteiger partial charge in [0.15, 0.2) is 0 Å². The minimum Gasteiger partial charge on any atom is -0.483 e. The molecule has 0 bridgehead atoms. The van der Waals surface area contributed by atoms with Crippen molar-refractivity contribution in [3.05, 3.63) is 18.0 Å². The van der Waals surface area contributed by atoms with Crippen molar-refractivity contribution in [2.75, 3.05) is 21.1 Å². The molecule has 1 aromatic heterocycles. The minimum atomic E-state index is -0.250. The molecule has 18 heavy (non-hydrogen) atoms. The molecular weight excluding hydrogens is 236 g/mol. The number of carbonyl (C=O) groups is 2. The molecule has 0 aliphatic rings. The van der Waals surface area contributed by atoms with E-state index in [0.717, 1.165) is 5.69 Å². The van der Waals surface area contributed by atoms with Crippen LogP contribution < -0.4 is 0 Å². The van der Waals surface area contributed by atoms with E-state index in [9.17, 15) is 4.79 Å². The van der Waals surface area contributed by atoms with Crippen molar-refractivity contribution in [2.24, 2.45) is 0 Å². The first-order valence-corrected chi connectivity index (χ1v) is 5.41. The van der Waals surface area contributed by atoms with Crippen LogP contribution in [-0.2, 0) is 16.1 Å². The minimum absolute atomic E-state index is 0.0991. The number of rotatable bonds is 4. The predicted molar refractivity (Wildman–Crippen MR) is 66.9 cm³/mol. The molecule has 0 aliphatic heterocycles. The Kier molecular flexibility index (Phi) is 7.37. The van der Waals surface area contributed by atoms with Crippen molar-refractivity contribution in [1.29, 1.82) is 0 Å². The van der Waals surface area contributed by atoms with Gasteiger partial charge in [0.2, 0.25) is 5.91 Å². The van der Waals surface area contributed by atoms with E-state index in [1.165, 1.54) is 0 Å². The fraction of sp³-hybridized carbons (Fsp3) is 0.545. The van der Waals surface area contributed by atoms with Gasteiger partial charge in [-0.3, -0.25) is 19.6 Å². The highest BCUT2D eigenvalue weighted by Gasteiger charge is 2.19. The Morgan fingerprint density at radius 3 is 2.50 bits per heavy atom. The summed E-state index contributed by atoms with van der Waals surface area (Å²) in [5, 5.41) is 13.6. The Morgan fingerprint density at radius 1 is 1.56 bits per heavy atom. The molecule has 7 heteroatoms. The molecule has 0 saturated heterocycles. The van der Waals surface area contributed by atoms with Gasteiger partial charge in [-0.2, -0.15) is 5.10 Å². The first kappa shape index (κ1) is 16.1. The summed E-state index contributed by atoms with van der Waals surface area (Å²) < 4.78 is 0. The second-order valence-corrected chi connectivity index (χ2v) is 4.02. The second-order valence-electron chi connectivity index (χ2n) is 4.02. The van der Waals surface area contributed by atoms with Crippen LogP contribution in [0.3, 0.4) is 0 Å². The highest BCUT2D eigenvalue weighted by molar-refractivity contribution is 5.81. The monoisotopic (exact) mass is 256 g/mol. The third-order valence-corrected chi connectivity index (χ3v) is 2.47. The van der Waals surface area contributed by atoms with E-state index in [1.54, 1.807) is 18.1 Å². The molecule has 1 rings (SSSR count). The van der Waals surface area contributed by atoms with Crippen LogP contribution in [0.1, 0.15) is 12.6 Å². The maximum absolute atomic E-state index is 11.9. The molecule has 1 atom stereocenters. The zero-order valence-electron chi connectivity index (χ0n) is 11.1. The van der Waals surface area contributed by atoms with Gasteiger partial charge < -0.3 is 10.0 Å². The summed E-state index contributed by atoms with van der Waals surface area (Å²) in [6, 6.07) is 1.77. The fourth-order valence-corrected chi connectivity index (χ4v) is 1.25. The lowest BCUT2D eigenvalue weighted by atomic mass is 10.2. The summed E-state index contributed by atoms with van der Waals surface area (Å²) in [5.41, 5.74) is 0.941. The van der Waals surface area contributed by atoms with E-state index in [4.69, 9.17) is 9.90 Å². The molecule has 1 heterocycles. The van der Waals surface area contributed by atoms with Crippen LogP contribution in [0.15, 0.2) is 12.3 Å². The average molecular weight is 256 g/mol. The third kappa shape index (κ3) is 5.44. The largest absolute Gasteiger partial charge is 0.483 e. The summed E-state index contributed by atoms with van der Waals surface area (Å²) in [7, 11) is 5.59.